The summed E-state index contributed by atoms with van der Waals surface area (Å²) >= 11 is 3.25. The zero-order valence-corrected chi connectivity index (χ0v) is 13.5. The first-order valence-electron chi connectivity index (χ1n) is 7.18. The van der Waals surface area contributed by atoms with E-state index in [9.17, 15) is 14.4 Å². The van der Waals surface area contributed by atoms with Crippen LogP contribution in [0.3, 0.4) is 0 Å². The zero-order chi connectivity index (χ0) is 15.5. The summed E-state index contributed by atoms with van der Waals surface area (Å²) in [5, 5.41) is 12.3. The van der Waals surface area contributed by atoms with Crippen molar-refractivity contribution in [3.63, 3.8) is 0 Å². The fourth-order valence-electron chi connectivity index (χ4n) is 2.80. The van der Waals surface area contributed by atoms with Crippen LogP contribution in [0.1, 0.15) is 49.4 Å². The van der Waals surface area contributed by atoms with Crippen molar-refractivity contribution in [3.05, 3.63) is 34.1 Å². The molecule has 0 aromatic heterocycles. The molecule has 3 nitrogen and oxygen atoms in total. The third-order valence-corrected chi connectivity index (χ3v) is 4.97. The number of nitrogens with one attached hydrogen (secondary N) is 1. The van der Waals surface area contributed by atoms with Crippen LogP contribution in [0.25, 0.3) is 0 Å². The molecule has 0 atom stereocenters. The number of rotatable bonds is 3. The van der Waals surface area contributed by atoms with Gasteiger partial charge in [-0.05, 0) is 65.7 Å². The highest BCUT2D eigenvalue weighted by Gasteiger charge is 2.36. The Morgan fingerprint density at radius 1 is 1.52 bits per heavy atom. The van der Waals surface area contributed by atoms with E-state index in [1.54, 1.807) is 0 Å². The second kappa shape index (κ2) is 6.57. The molecule has 1 saturated carbocycles. The van der Waals surface area contributed by atoms with Crippen LogP contribution in [0.15, 0.2) is 22.7 Å². The molecule has 5 heteroatoms. The molecular formula is C16H18BrFN2O. The van der Waals surface area contributed by atoms with Crippen LogP contribution in [-0.2, 0) is 0 Å². The highest BCUT2D eigenvalue weighted by Crippen LogP contribution is 2.33. The molecule has 0 radical (unpaired) electrons. The summed E-state index contributed by atoms with van der Waals surface area (Å²) in [5.74, 6) is -0.244. The van der Waals surface area contributed by atoms with Gasteiger partial charge in [-0.2, -0.15) is 5.26 Å². The smallest absolute Gasteiger partial charge is 0.253 e. The molecule has 0 spiro atoms. The van der Waals surface area contributed by atoms with Gasteiger partial charge in [0.25, 0.3) is 5.91 Å². The Morgan fingerprint density at radius 2 is 2.19 bits per heavy atom. The van der Waals surface area contributed by atoms with E-state index >= 15 is 0 Å². The van der Waals surface area contributed by atoms with Crippen molar-refractivity contribution >= 4 is 21.8 Å². The van der Waals surface area contributed by atoms with Gasteiger partial charge in [-0.15, -0.1) is 0 Å². The van der Waals surface area contributed by atoms with Crippen molar-refractivity contribution in [2.24, 2.45) is 5.92 Å². The Balaban J connectivity index is 2.14. The average Bonchev–Trinajstić information content (AvgIpc) is 2.50. The Morgan fingerprint density at radius 3 is 2.76 bits per heavy atom. The normalized spacial score (nSPS) is 25.1. The van der Waals surface area contributed by atoms with Gasteiger partial charge in [0.1, 0.15) is 11.4 Å². The Bertz CT molecular complexity index is 574. The highest BCUT2D eigenvalue weighted by molar-refractivity contribution is 9.10. The van der Waals surface area contributed by atoms with Gasteiger partial charge in [0.05, 0.1) is 11.6 Å². The van der Waals surface area contributed by atoms with Gasteiger partial charge in [0, 0.05) is 4.47 Å². The maximum absolute atomic E-state index is 13.3. The van der Waals surface area contributed by atoms with Crippen LogP contribution >= 0.6 is 15.9 Å². The van der Waals surface area contributed by atoms with Crippen LogP contribution in [0, 0.1) is 23.1 Å². The Hall–Kier alpha value is -1.41. The summed E-state index contributed by atoms with van der Waals surface area (Å²) in [6, 6.07) is 6.22. The van der Waals surface area contributed by atoms with E-state index in [0.717, 1.165) is 19.3 Å². The molecule has 0 bridgehead atoms. The highest BCUT2D eigenvalue weighted by atomic mass is 79.9. The molecule has 0 heterocycles. The quantitative estimate of drug-likeness (QED) is 0.886. The molecule has 112 valence electrons. The maximum Gasteiger partial charge on any atom is 0.253 e. The standard InChI is InChI=1S/C16H18BrFN2O/c1-2-11-5-7-16(10-19,8-6-11)20-15(21)13-9-12(18)3-4-14(13)17/h3-4,9,11H,2,5-8H2,1H3,(H,20,21). The molecule has 2 rings (SSSR count). The van der Waals surface area contributed by atoms with Gasteiger partial charge in [0.15, 0.2) is 0 Å². The summed E-state index contributed by atoms with van der Waals surface area (Å²) in [6.45, 7) is 2.15. The van der Waals surface area contributed by atoms with E-state index in [0.29, 0.717) is 23.2 Å². The first-order valence-corrected chi connectivity index (χ1v) is 7.98. The monoisotopic (exact) mass is 352 g/mol. The summed E-state index contributed by atoms with van der Waals surface area (Å²) in [5.41, 5.74) is -0.601. The molecule has 1 amide bonds. The summed E-state index contributed by atoms with van der Waals surface area (Å²) < 4.78 is 13.8. The molecule has 1 aromatic rings. The van der Waals surface area contributed by atoms with Crippen LogP contribution in [0.2, 0.25) is 0 Å². The number of halogens is 2. The lowest BCUT2D eigenvalue weighted by atomic mass is 9.76. The van der Waals surface area contributed by atoms with E-state index in [1.165, 1.54) is 18.2 Å². The Kier molecular flexibility index (Phi) is 5.00. The first-order chi connectivity index (χ1) is 9.99. The summed E-state index contributed by atoms with van der Waals surface area (Å²) in [7, 11) is 0. The van der Waals surface area contributed by atoms with Crippen molar-refractivity contribution in [1.29, 1.82) is 5.26 Å². The molecule has 21 heavy (non-hydrogen) atoms. The minimum atomic E-state index is -0.825. The third-order valence-electron chi connectivity index (χ3n) is 4.28. The summed E-state index contributed by atoms with van der Waals surface area (Å²) in [4.78, 5) is 12.3. The van der Waals surface area contributed by atoms with E-state index < -0.39 is 17.3 Å². The molecule has 0 unspecified atom stereocenters. The van der Waals surface area contributed by atoms with Crippen molar-refractivity contribution in [2.45, 2.75) is 44.6 Å². The predicted octanol–water partition coefficient (Wildman–Crippen LogP) is 4.18. The van der Waals surface area contributed by atoms with Gasteiger partial charge < -0.3 is 5.32 Å². The van der Waals surface area contributed by atoms with E-state index in [2.05, 4.69) is 34.2 Å². The SMILES string of the molecule is CCC1CCC(C#N)(NC(=O)c2cc(F)ccc2Br)CC1. The number of nitriles is 1. The van der Waals surface area contributed by atoms with Crippen LogP contribution in [0.5, 0.6) is 0 Å². The van der Waals surface area contributed by atoms with E-state index in [-0.39, 0.29) is 5.56 Å². The predicted molar refractivity (Wildman–Crippen MR) is 82.2 cm³/mol. The lowest BCUT2D eigenvalue weighted by Gasteiger charge is -2.35. The van der Waals surface area contributed by atoms with Gasteiger partial charge in [-0.3, -0.25) is 4.79 Å². The summed E-state index contributed by atoms with van der Waals surface area (Å²) in [6.07, 6.45) is 4.29. The fourth-order valence-corrected chi connectivity index (χ4v) is 3.23. The van der Waals surface area contributed by atoms with Crippen LogP contribution < -0.4 is 5.32 Å². The topological polar surface area (TPSA) is 52.9 Å². The number of hydrogen-bond acceptors (Lipinski definition) is 2. The van der Waals surface area contributed by atoms with Crippen LogP contribution in [-0.4, -0.2) is 11.4 Å². The Labute approximate surface area is 132 Å². The number of nitrogens with zero attached hydrogens (tertiary/aromatic N) is 1. The zero-order valence-electron chi connectivity index (χ0n) is 12.0. The molecule has 1 aliphatic carbocycles. The largest absolute Gasteiger partial charge is 0.334 e. The first kappa shape index (κ1) is 16.0. The molecule has 0 saturated heterocycles. The molecule has 1 fully saturated rings. The number of carbonyl (C=O) groups is 1. The minimum Gasteiger partial charge on any atom is -0.334 e. The lowest BCUT2D eigenvalue weighted by Crippen LogP contribution is -2.49. The van der Waals surface area contributed by atoms with E-state index in [1.807, 2.05) is 0 Å². The van der Waals surface area contributed by atoms with Crippen molar-refractivity contribution in [1.82, 2.24) is 5.32 Å². The molecule has 1 N–H and O–H groups in total. The second-order valence-corrected chi connectivity index (χ2v) is 6.48. The number of hydrogen-bond donors (Lipinski definition) is 1. The lowest BCUT2D eigenvalue weighted by molar-refractivity contribution is 0.0890. The van der Waals surface area contributed by atoms with Crippen molar-refractivity contribution in [3.8, 4) is 6.07 Å². The van der Waals surface area contributed by atoms with E-state index in [4.69, 9.17) is 0 Å². The number of amides is 1. The number of benzene rings is 1. The molecule has 1 aliphatic rings. The van der Waals surface area contributed by atoms with Gasteiger partial charge >= 0.3 is 0 Å². The second-order valence-electron chi connectivity index (χ2n) is 5.62. The van der Waals surface area contributed by atoms with Crippen LogP contribution in [0.4, 0.5) is 4.39 Å². The van der Waals surface area contributed by atoms with Crippen molar-refractivity contribution < 1.29 is 9.18 Å². The van der Waals surface area contributed by atoms with Crippen molar-refractivity contribution in [2.75, 3.05) is 0 Å². The average molecular weight is 353 g/mol. The molecule has 0 aliphatic heterocycles. The van der Waals surface area contributed by atoms with Gasteiger partial charge in [0.2, 0.25) is 0 Å². The number of carbonyl (C=O) groups excluding carboxylic acids is 1. The maximum atomic E-state index is 13.3. The van der Waals surface area contributed by atoms with Gasteiger partial charge in [-0.1, -0.05) is 13.3 Å². The molecule has 1 aromatic carbocycles. The third kappa shape index (κ3) is 3.62. The molecular weight excluding hydrogens is 335 g/mol. The minimum absolute atomic E-state index is 0.224. The fraction of sp³-hybridized carbons (Fsp3) is 0.500. The van der Waals surface area contributed by atoms with Gasteiger partial charge in [-0.25, -0.2) is 4.39 Å².